The zero-order chi connectivity index (χ0) is 23.5. The van der Waals surface area contributed by atoms with Gasteiger partial charge in [0, 0.05) is 50.3 Å². The van der Waals surface area contributed by atoms with Gasteiger partial charge in [-0.2, -0.15) is 0 Å². The third-order valence-corrected chi connectivity index (χ3v) is 6.67. The minimum absolute atomic E-state index is 0.324. The number of hydrogen-bond donors (Lipinski definition) is 0. The molecule has 5 nitrogen and oxygen atoms in total. The largest absolute Gasteiger partial charge is 0.354 e. The van der Waals surface area contributed by atoms with Gasteiger partial charge in [0.25, 0.3) is 0 Å². The Morgan fingerprint density at radius 1 is 0.879 bits per heavy atom. The molecule has 3 rings (SSSR count). The zero-order valence-corrected chi connectivity index (χ0v) is 21.0. The molecule has 0 radical (unpaired) electrons. The third kappa shape index (κ3) is 7.83. The van der Waals surface area contributed by atoms with Crippen LogP contribution < -0.4 is 4.90 Å². The van der Waals surface area contributed by atoms with Crippen LogP contribution in [0.25, 0.3) is 0 Å². The summed E-state index contributed by atoms with van der Waals surface area (Å²) in [6.45, 7) is 9.70. The van der Waals surface area contributed by atoms with Crippen molar-refractivity contribution in [3.63, 3.8) is 0 Å². The van der Waals surface area contributed by atoms with E-state index in [9.17, 15) is 4.79 Å². The van der Waals surface area contributed by atoms with Crippen molar-refractivity contribution in [2.75, 3.05) is 31.1 Å². The molecule has 1 aliphatic rings. The summed E-state index contributed by atoms with van der Waals surface area (Å²) in [5.74, 6) is 2.19. The van der Waals surface area contributed by atoms with Crippen molar-refractivity contribution < 1.29 is 4.79 Å². The minimum Gasteiger partial charge on any atom is -0.354 e. The summed E-state index contributed by atoms with van der Waals surface area (Å²) in [5, 5.41) is 0. The SMILES string of the molecule is CCCCCCCCCC(=O)N1CCCN(c2nc(C)nc(C)c2Cc2ccccc2)CC1. The topological polar surface area (TPSA) is 49.3 Å². The lowest BCUT2D eigenvalue weighted by atomic mass is 10.0. The van der Waals surface area contributed by atoms with Crippen molar-refractivity contribution in [3.05, 3.63) is 53.0 Å². The zero-order valence-electron chi connectivity index (χ0n) is 21.0. The normalized spacial score (nSPS) is 14.4. The van der Waals surface area contributed by atoms with Crippen molar-refractivity contribution >= 4 is 11.7 Å². The van der Waals surface area contributed by atoms with E-state index in [-0.39, 0.29) is 0 Å². The van der Waals surface area contributed by atoms with Gasteiger partial charge in [0.1, 0.15) is 11.6 Å². The van der Waals surface area contributed by atoms with Gasteiger partial charge in [-0.1, -0.05) is 75.8 Å². The van der Waals surface area contributed by atoms with E-state index in [1.165, 1.54) is 49.7 Å². The fourth-order valence-electron chi connectivity index (χ4n) is 4.76. The summed E-state index contributed by atoms with van der Waals surface area (Å²) in [6, 6.07) is 10.5. The standard InChI is InChI=1S/C28H42N4O/c1-4-5-6-7-8-9-13-17-27(33)31-18-14-19-32(21-20-31)28-26(23(2)29-24(3)30-28)22-25-15-11-10-12-16-25/h10-12,15-16H,4-9,13-14,17-22H2,1-3H3. The van der Waals surface area contributed by atoms with Crippen molar-refractivity contribution in [1.29, 1.82) is 0 Å². The molecule has 0 N–H and O–H groups in total. The number of nitrogens with zero attached hydrogens (tertiary/aromatic N) is 4. The third-order valence-electron chi connectivity index (χ3n) is 6.67. The monoisotopic (exact) mass is 450 g/mol. The molecule has 33 heavy (non-hydrogen) atoms. The van der Waals surface area contributed by atoms with Gasteiger partial charge >= 0.3 is 0 Å². The van der Waals surface area contributed by atoms with Crippen LogP contribution in [0.5, 0.6) is 0 Å². The van der Waals surface area contributed by atoms with Crippen LogP contribution in [0.2, 0.25) is 0 Å². The van der Waals surface area contributed by atoms with E-state index in [0.717, 1.165) is 62.8 Å². The maximum Gasteiger partial charge on any atom is 0.222 e. The lowest BCUT2D eigenvalue weighted by Crippen LogP contribution is -2.35. The predicted octanol–water partition coefficient (Wildman–Crippen LogP) is 5.86. The first-order chi connectivity index (χ1) is 16.1. The highest BCUT2D eigenvalue weighted by Gasteiger charge is 2.22. The average molecular weight is 451 g/mol. The maximum atomic E-state index is 12.8. The summed E-state index contributed by atoms with van der Waals surface area (Å²) in [7, 11) is 0. The molecular formula is C28H42N4O. The number of hydrogen-bond acceptors (Lipinski definition) is 4. The fourth-order valence-corrected chi connectivity index (χ4v) is 4.76. The van der Waals surface area contributed by atoms with Gasteiger partial charge in [0.15, 0.2) is 0 Å². The lowest BCUT2D eigenvalue weighted by Gasteiger charge is -2.26. The van der Waals surface area contributed by atoms with Crippen LogP contribution in [0, 0.1) is 13.8 Å². The highest BCUT2D eigenvalue weighted by Crippen LogP contribution is 2.25. The Hall–Kier alpha value is -2.43. The van der Waals surface area contributed by atoms with E-state index in [0.29, 0.717) is 12.3 Å². The molecule has 5 heteroatoms. The number of carbonyl (C=O) groups is 1. The first-order valence-electron chi connectivity index (χ1n) is 13.0. The molecule has 1 aromatic carbocycles. The Morgan fingerprint density at radius 2 is 1.61 bits per heavy atom. The molecule has 180 valence electrons. The van der Waals surface area contributed by atoms with Crippen molar-refractivity contribution in [2.45, 2.75) is 85.0 Å². The Labute approximate surface area is 200 Å². The van der Waals surface area contributed by atoms with Crippen LogP contribution in [0.15, 0.2) is 30.3 Å². The highest BCUT2D eigenvalue weighted by atomic mass is 16.2. The number of aryl methyl sites for hydroxylation is 2. The first-order valence-corrected chi connectivity index (χ1v) is 13.0. The van der Waals surface area contributed by atoms with Crippen LogP contribution in [0.4, 0.5) is 5.82 Å². The minimum atomic E-state index is 0.324. The Kier molecular flexibility index (Phi) is 10.2. The molecule has 1 saturated heterocycles. The Balaban J connectivity index is 1.57. The van der Waals surface area contributed by atoms with E-state index in [4.69, 9.17) is 4.98 Å². The summed E-state index contributed by atoms with van der Waals surface area (Å²) in [4.78, 5) is 26.8. The smallest absolute Gasteiger partial charge is 0.222 e. The van der Waals surface area contributed by atoms with Gasteiger partial charge < -0.3 is 9.80 Å². The molecule has 0 aliphatic carbocycles. The second-order valence-corrected chi connectivity index (χ2v) is 9.41. The van der Waals surface area contributed by atoms with Crippen molar-refractivity contribution in [2.24, 2.45) is 0 Å². The summed E-state index contributed by atoms with van der Waals surface area (Å²) >= 11 is 0. The molecule has 2 heterocycles. The molecule has 2 aromatic rings. The van der Waals surface area contributed by atoms with Gasteiger partial charge in [-0.3, -0.25) is 4.79 Å². The molecule has 0 spiro atoms. The maximum absolute atomic E-state index is 12.8. The van der Waals surface area contributed by atoms with E-state index < -0.39 is 0 Å². The van der Waals surface area contributed by atoms with E-state index >= 15 is 0 Å². The number of rotatable bonds is 11. The second-order valence-electron chi connectivity index (χ2n) is 9.41. The number of anilines is 1. The van der Waals surface area contributed by atoms with Gasteiger partial charge in [0.05, 0.1) is 0 Å². The van der Waals surface area contributed by atoms with E-state index in [2.05, 4.69) is 59.0 Å². The molecule has 0 unspecified atom stereocenters. The van der Waals surface area contributed by atoms with E-state index in [1.54, 1.807) is 0 Å². The van der Waals surface area contributed by atoms with Crippen molar-refractivity contribution in [1.82, 2.24) is 14.9 Å². The van der Waals surface area contributed by atoms with Crippen LogP contribution >= 0.6 is 0 Å². The highest BCUT2D eigenvalue weighted by molar-refractivity contribution is 5.76. The molecule has 0 saturated carbocycles. The summed E-state index contributed by atoms with van der Waals surface area (Å²) in [6.07, 6.45) is 11.2. The number of amides is 1. The van der Waals surface area contributed by atoms with Gasteiger partial charge in [-0.15, -0.1) is 0 Å². The second kappa shape index (κ2) is 13.3. The Morgan fingerprint density at radius 3 is 2.36 bits per heavy atom. The van der Waals surface area contributed by atoms with Gasteiger partial charge in [-0.25, -0.2) is 9.97 Å². The molecule has 1 aliphatic heterocycles. The molecule has 0 atom stereocenters. The number of benzene rings is 1. The molecule has 1 amide bonds. The lowest BCUT2D eigenvalue weighted by molar-refractivity contribution is -0.131. The van der Waals surface area contributed by atoms with E-state index in [1.807, 2.05) is 6.92 Å². The Bertz CT molecular complexity index is 868. The van der Waals surface area contributed by atoms with Crippen LogP contribution in [-0.2, 0) is 11.2 Å². The van der Waals surface area contributed by atoms with Gasteiger partial charge in [-0.05, 0) is 32.3 Å². The number of aromatic nitrogens is 2. The predicted molar refractivity (Wildman–Crippen MR) is 137 cm³/mol. The number of carbonyl (C=O) groups excluding carboxylic acids is 1. The quantitative estimate of drug-likeness (QED) is 0.402. The van der Waals surface area contributed by atoms with Crippen LogP contribution in [0.1, 0.15) is 87.4 Å². The molecule has 0 bridgehead atoms. The average Bonchev–Trinajstić information content (AvgIpc) is 3.07. The molecular weight excluding hydrogens is 408 g/mol. The molecule has 1 fully saturated rings. The van der Waals surface area contributed by atoms with Crippen LogP contribution in [-0.4, -0.2) is 47.0 Å². The first kappa shape index (κ1) is 25.2. The van der Waals surface area contributed by atoms with Crippen LogP contribution in [0.3, 0.4) is 0 Å². The summed E-state index contributed by atoms with van der Waals surface area (Å²) < 4.78 is 0. The summed E-state index contributed by atoms with van der Waals surface area (Å²) in [5.41, 5.74) is 3.53. The van der Waals surface area contributed by atoms with Crippen molar-refractivity contribution in [3.8, 4) is 0 Å². The molecule has 1 aromatic heterocycles. The fraction of sp³-hybridized carbons (Fsp3) is 0.607. The van der Waals surface area contributed by atoms with Gasteiger partial charge in [0.2, 0.25) is 5.91 Å². The number of unbranched alkanes of at least 4 members (excludes halogenated alkanes) is 6.